The molecular formula is C13H13F2N3. The average molecular weight is 249 g/mol. The Morgan fingerprint density at radius 2 is 2.11 bits per heavy atom. The lowest BCUT2D eigenvalue weighted by molar-refractivity contribution is 0.602. The lowest BCUT2D eigenvalue weighted by Crippen LogP contribution is -2.12. The molecule has 1 fully saturated rings. The molecule has 0 aliphatic carbocycles. The second kappa shape index (κ2) is 4.49. The predicted molar refractivity (Wildman–Crippen MR) is 63.9 cm³/mol. The van der Waals surface area contributed by atoms with Gasteiger partial charge >= 0.3 is 0 Å². The van der Waals surface area contributed by atoms with Gasteiger partial charge in [0.15, 0.2) is 0 Å². The number of halogens is 2. The Balaban J connectivity index is 1.94. The Bertz CT molecular complexity index is 559. The van der Waals surface area contributed by atoms with Crippen molar-refractivity contribution in [3.63, 3.8) is 0 Å². The predicted octanol–water partition coefficient (Wildman–Crippen LogP) is 2.78. The molecule has 1 aromatic heterocycles. The Morgan fingerprint density at radius 1 is 1.22 bits per heavy atom. The number of aromatic nitrogens is 2. The van der Waals surface area contributed by atoms with E-state index in [4.69, 9.17) is 0 Å². The minimum atomic E-state index is -0.464. The fourth-order valence-corrected chi connectivity index (χ4v) is 2.30. The molecule has 0 bridgehead atoms. The van der Waals surface area contributed by atoms with Crippen molar-refractivity contribution >= 4 is 0 Å². The molecule has 0 saturated carbocycles. The second-order valence-electron chi connectivity index (χ2n) is 4.48. The minimum Gasteiger partial charge on any atom is -0.309 e. The number of hydrogen-bond acceptors (Lipinski definition) is 2. The minimum absolute atomic E-state index is 0.190. The van der Waals surface area contributed by atoms with Gasteiger partial charge in [-0.05, 0) is 43.7 Å². The third-order valence-electron chi connectivity index (χ3n) is 3.24. The Labute approximate surface area is 103 Å². The van der Waals surface area contributed by atoms with Crippen LogP contribution in [0.4, 0.5) is 8.78 Å². The average Bonchev–Trinajstić information content (AvgIpc) is 3.00. The lowest BCUT2D eigenvalue weighted by atomic mass is 10.1. The highest BCUT2D eigenvalue weighted by molar-refractivity contribution is 5.60. The van der Waals surface area contributed by atoms with E-state index < -0.39 is 11.6 Å². The van der Waals surface area contributed by atoms with Crippen LogP contribution in [-0.2, 0) is 0 Å². The van der Waals surface area contributed by atoms with Gasteiger partial charge in [-0.15, -0.1) is 0 Å². The molecule has 94 valence electrons. The van der Waals surface area contributed by atoms with Crippen LogP contribution in [0.15, 0.2) is 24.3 Å². The highest BCUT2D eigenvalue weighted by atomic mass is 19.1. The number of H-pyrrole nitrogens is 1. The van der Waals surface area contributed by atoms with Crippen LogP contribution in [0, 0.1) is 11.6 Å². The molecule has 1 aromatic carbocycles. The molecular weight excluding hydrogens is 236 g/mol. The summed E-state index contributed by atoms with van der Waals surface area (Å²) in [5, 5.41) is 10.3. The molecule has 0 spiro atoms. The summed E-state index contributed by atoms with van der Waals surface area (Å²) in [6.07, 6.45) is 2.15. The van der Waals surface area contributed by atoms with E-state index in [0.717, 1.165) is 43.3 Å². The van der Waals surface area contributed by atoms with Crippen molar-refractivity contribution < 1.29 is 8.78 Å². The van der Waals surface area contributed by atoms with Crippen LogP contribution in [0.25, 0.3) is 11.3 Å². The van der Waals surface area contributed by atoms with Crippen LogP contribution in [0.1, 0.15) is 24.6 Å². The van der Waals surface area contributed by atoms with E-state index in [1.807, 2.05) is 0 Å². The van der Waals surface area contributed by atoms with Gasteiger partial charge in [0.25, 0.3) is 0 Å². The number of rotatable bonds is 2. The Hall–Kier alpha value is -1.75. The molecule has 1 aliphatic heterocycles. The van der Waals surface area contributed by atoms with E-state index >= 15 is 0 Å². The number of hydrogen-bond donors (Lipinski definition) is 2. The van der Waals surface area contributed by atoms with Crippen LogP contribution < -0.4 is 5.32 Å². The highest BCUT2D eigenvalue weighted by Gasteiger charge is 2.19. The van der Waals surface area contributed by atoms with E-state index in [2.05, 4.69) is 15.5 Å². The van der Waals surface area contributed by atoms with Crippen molar-refractivity contribution in [3.8, 4) is 11.3 Å². The van der Waals surface area contributed by atoms with Gasteiger partial charge in [0, 0.05) is 11.6 Å². The summed E-state index contributed by atoms with van der Waals surface area (Å²) in [6, 6.07) is 5.40. The molecule has 5 heteroatoms. The molecule has 0 radical (unpaired) electrons. The topological polar surface area (TPSA) is 40.7 Å². The monoisotopic (exact) mass is 249 g/mol. The van der Waals surface area contributed by atoms with Gasteiger partial charge in [-0.1, -0.05) is 0 Å². The van der Waals surface area contributed by atoms with Crippen molar-refractivity contribution in [3.05, 3.63) is 41.6 Å². The Morgan fingerprint density at radius 3 is 2.89 bits per heavy atom. The van der Waals surface area contributed by atoms with Gasteiger partial charge in [0.05, 0.1) is 11.4 Å². The van der Waals surface area contributed by atoms with Crippen LogP contribution in [0.5, 0.6) is 0 Å². The number of nitrogens with zero attached hydrogens (tertiary/aromatic N) is 1. The van der Waals surface area contributed by atoms with Gasteiger partial charge in [0.1, 0.15) is 11.6 Å². The van der Waals surface area contributed by atoms with Gasteiger partial charge in [0.2, 0.25) is 0 Å². The first-order chi connectivity index (χ1) is 8.74. The first-order valence-corrected chi connectivity index (χ1v) is 5.98. The molecule has 2 aromatic rings. The standard InChI is InChI=1S/C13H13F2N3/c14-8-3-4-10(15)9(6-8)12-7-13(18-17-12)11-2-1-5-16-11/h3-4,6-7,11,16H,1-2,5H2,(H,17,18). The zero-order valence-corrected chi connectivity index (χ0v) is 9.71. The molecule has 0 amide bonds. The molecule has 1 saturated heterocycles. The first kappa shape index (κ1) is 11.3. The summed E-state index contributed by atoms with van der Waals surface area (Å²) >= 11 is 0. The maximum Gasteiger partial charge on any atom is 0.132 e. The smallest absolute Gasteiger partial charge is 0.132 e. The summed E-state index contributed by atoms with van der Waals surface area (Å²) in [4.78, 5) is 0. The fraction of sp³-hybridized carbons (Fsp3) is 0.308. The molecule has 2 N–H and O–H groups in total. The van der Waals surface area contributed by atoms with E-state index in [-0.39, 0.29) is 11.6 Å². The van der Waals surface area contributed by atoms with Crippen molar-refractivity contribution in [2.24, 2.45) is 0 Å². The van der Waals surface area contributed by atoms with Crippen LogP contribution >= 0.6 is 0 Å². The van der Waals surface area contributed by atoms with Crippen LogP contribution in [-0.4, -0.2) is 16.7 Å². The molecule has 1 aliphatic rings. The maximum atomic E-state index is 13.6. The van der Waals surface area contributed by atoms with E-state index in [1.165, 1.54) is 0 Å². The number of benzene rings is 1. The van der Waals surface area contributed by atoms with Gasteiger partial charge < -0.3 is 5.32 Å². The van der Waals surface area contributed by atoms with Gasteiger partial charge in [-0.3, -0.25) is 5.10 Å². The second-order valence-corrected chi connectivity index (χ2v) is 4.48. The van der Waals surface area contributed by atoms with E-state index in [9.17, 15) is 8.78 Å². The van der Waals surface area contributed by atoms with Gasteiger partial charge in [-0.25, -0.2) is 8.78 Å². The fourth-order valence-electron chi connectivity index (χ4n) is 2.30. The van der Waals surface area contributed by atoms with Crippen LogP contribution in [0.2, 0.25) is 0 Å². The van der Waals surface area contributed by atoms with Crippen molar-refractivity contribution in [2.75, 3.05) is 6.54 Å². The summed E-state index contributed by atoms with van der Waals surface area (Å²) in [5.74, 6) is -0.927. The van der Waals surface area contributed by atoms with Crippen molar-refractivity contribution in [2.45, 2.75) is 18.9 Å². The van der Waals surface area contributed by atoms with Crippen molar-refractivity contribution in [1.29, 1.82) is 0 Å². The quantitative estimate of drug-likeness (QED) is 0.859. The lowest BCUT2D eigenvalue weighted by Gasteiger charge is -2.05. The molecule has 3 rings (SSSR count). The van der Waals surface area contributed by atoms with Crippen molar-refractivity contribution in [1.82, 2.24) is 15.5 Å². The Kier molecular flexibility index (Phi) is 2.83. The summed E-state index contributed by atoms with van der Waals surface area (Å²) in [6.45, 7) is 0.980. The summed E-state index contributed by atoms with van der Waals surface area (Å²) in [5.41, 5.74) is 1.55. The zero-order chi connectivity index (χ0) is 12.5. The molecule has 3 nitrogen and oxygen atoms in total. The third kappa shape index (κ3) is 2.01. The molecule has 1 atom stereocenters. The number of aromatic amines is 1. The number of nitrogens with one attached hydrogen (secondary N) is 2. The maximum absolute atomic E-state index is 13.6. The normalized spacial score (nSPS) is 19.3. The van der Waals surface area contributed by atoms with E-state index in [0.29, 0.717) is 5.69 Å². The van der Waals surface area contributed by atoms with E-state index in [1.54, 1.807) is 6.07 Å². The summed E-state index contributed by atoms with van der Waals surface area (Å²) < 4.78 is 26.7. The molecule has 18 heavy (non-hydrogen) atoms. The third-order valence-corrected chi connectivity index (χ3v) is 3.24. The van der Waals surface area contributed by atoms with Crippen LogP contribution in [0.3, 0.4) is 0 Å². The molecule has 1 unspecified atom stereocenters. The molecule has 2 heterocycles. The zero-order valence-electron chi connectivity index (χ0n) is 9.71. The highest BCUT2D eigenvalue weighted by Crippen LogP contribution is 2.27. The first-order valence-electron chi connectivity index (χ1n) is 5.98. The largest absolute Gasteiger partial charge is 0.309 e. The van der Waals surface area contributed by atoms with Gasteiger partial charge in [-0.2, -0.15) is 5.10 Å². The SMILES string of the molecule is Fc1ccc(F)c(-c2cc(C3CCCN3)[nH]n2)c1. The summed E-state index contributed by atoms with van der Waals surface area (Å²) in [7, 11) is 0.